The molecule has 0 heterocycles. The highest BCUT2D eigenvalue weighted by molar-refractivity contribution is 9.10. The summed E-state index contributed by atoms with van der Waals surface area (Å²) in [5.41, 5.74) is 0. The van der Waals surface area contributed by atoms with E-state index >= 15 is 0 Å². The fraction of sp³-hybridized carbons (Fsp3) is 0.188. The zero-order valence-corrected chi connectivity index (χ0v) is 13.1. The standard InChI is InChI=1S/C16H15BrO4/c1-2-19-14-5-3-4-6-15(14)20-11-16(18)21-13-9-7-12(17)8-10-13/h3-10H,2,11H2,1H3. The van der Waals surface area contributed by atoms with E-state index in [-0.39, 0.29) is 6.61 Å². The minimum Gasteiger partial charge on any atom is -0.490 e. The molecule has 110 valence electrons. The van der Waals surface area contributed by atoms with Crippen molar-refractivity contribution in [1.82, 2.24) is 0 Å². The Balaban J connectivity index is 1.90. The van der Waals surface area contributed by atoms with E-state index in [1.165, 1.54) is 0 Å². The summed E-state index contributed by atoms with van der Waals surface area (Å²) in [5, 5.41) is 0. The number of benzene rings is 2. The van der Waals surface area contributed by atoms with Gasteiger partial charge in [-0.25, -0.2) is 4.79 Å². The Bertz CT molecular complexity index is 595. The predicted octanol–water partition coefficient (Wildman–Crippen LogP) is 3.83. The third kappa shape index (κ3) is 4.79. The van der Waals surface area contributed by atoms with Crippen LogP contribution >= 0.6 is 15.9 Å². The van der Waals surface area contributed by atoms with E-state index in [4.69, 9.17) is 14.2 Å². The lowest BCUT2D eigenvalue weighted by molar-refractivity contribution is -0.136. The van der Waals surface area contributed by atoms with Gasteiger partial charge in [0, 0.05) is 4.47 Å². The van der Waals surface area contributed by atoms with Crippen molar-refractivity contribution in [2.75, 3.05) is 13.2 Å². The van der Waals surface area contributed by atoms with Gasteiger partial charge in [-0.15, -0.1) is 0 Å². The average molecular weight is 351 g/mol. The third-order valence-electron chi connectivity index (χ3n) is 2.54. The topological polar surface area (TPSA) is 44.8 Å². The summed E-state index contributed by atoms with van der Waals surface area (Å²) in [6, 6.07) is 14.2. The van der Waals surface area contributed by atoms with E-state index in [0.29, 0.717) is 23.9 Å². The van der Waals surface area contributed by atoms with Crippen molar-refractivity contribution >= 4 is 21.9 Å². The first-order valence-electron chi connectivity index (χ1n) is 6.50. The SMILES string of the molecule is CCOc1ccccc1OCC(=O)Oc1ccc(Br)cc1. The van der Waals surface area contributed by atoms with E-state index in [9.17, 15) is 4.79 Å². The Morgan fingerprint density at radius 2 is 1.62 bits per heavy atom. The molecule has 0 aliphatic rings. The minimum atomic E-state index is -0.469. The van der Waals surface area contributed by atoms with Gasteiger partial charge in [0.2, 0.25) is 0 Å². The predicted molar refractivity (Wildman–Crippen MR) is 82.9 cm³/mol. The second kappa shape index (κ2) is 7.69. The molecule has 0 bridgehead atoms. The number of rotatable bonds is 6. The van der Waals surface area contributed by atoms with Crippen molar-refractivity contribution in [2.45, 2.75) is 6.92 Å². The Hall–Kier alpha value is -2.01. The second-order valence-corrected chi connectivity index (χ2v) is 5.01. The molecular weight excluding hydrogens is 336 g/mol. The van der Waals surface area contributed by atoms with Crippen LogP contribution in [0.5, 0.6) is 17.2 Å². The number of para-hydroxylation sites is 2. The zero-order valence-electron chi connectivity index (χ0n) is 11.5. The van der Waals surface area contributed by atoms with E-state index in [1.54, 1.807) is 36.4 Å². The lowest BCUT2D eigenvalue weighted by Crippen LogP contribution is -2.18. The average Bonchev–Trinajstić information content (AvgIpc) is 2.49. The summed E-state index contributed by atoms with van der Waals surface area (Å²) < 4.78 is 16.9. The molecule has 0 aliphatic heterocycles. The van der Waals surface area contributed by atoms with Crippen molar-refractivity contribution in [3.05, 3.63) is 53.0 Å². The van der Waals surface area contributed by atoms with Gasteiger partial charge in [-0.3, -0.25) is 0 Å². The van der Waals surface area contributed by atoms with Gasteiger partial charge in [-0.2, -0.15) is 0 Å². The molecule has 0 N–H and O–H groups in total. The molecule has 0 aliphatic carbocycles. The highest BCUT2D eigenvalue weighted by Crippen LogP contribution is 2.26. The molecule has 0 saturated heterocycles. The van der Waals surface area contributed by atoms with Gasteiger partial charge in [-0.1, -0.05) is 28.1 Å². The van der Waals surface area contributed by atoms with E-state index < -0.39 is 5.97 Å². The highest BCUT2D eigenvalue weighted by atomic mass is 79.9. The quantitative estimate of drug-likeness (QED) is 0.586. The van der Waals surface area contributed by atoms with Crippen LogP contribution in [-0.4, -0.2) is 19.2 Å². The molecule has 2 aromatic rings. The van der Waals surface area contributed by atoms with E-state index in [1.807, 2.05) is 19.1 Å². The van der Waals surface area contributed by atoms with Gasteiger partial charge in [0.1, 0.15) is 5.75 Å². The third-order valence-corrected chi connectivity index (χ3v) is 3.07. The number of esters is 1. The van der Waals surface area contributed by atoms with Crippen LogP contribution in [0.3, 0.4) is 0 Å². The van der Waals surface area contributed by atoms with Gasteiger partial charge in [-0.05, 0) is 43.3 Å². The molecule has 2 rings (SSSR count). The Labute approximate surface area is 131 Å². The molecule has 0 aromatic heterocycles. The molecule has 0 unspecified atom stereocenters. The zero-order chi connectivity index (χ0) is 15.1. The molecular formula is C16H15BrO4. The van der Waals surface area contributed by atoms with Gasteiger partial charge in [0.15, 0.2) is 18.1 Å². The largest absolute Gasteiger partial charge is 0.490 e. The number of halogens is 1. The van der Waals surface area contributed by atoms with Crippen molar-refractivity contribution in [1.29, 1.82) is 0 Å². The van der Waals surface area contributed by atoms with E-state index in [2.05, 4.69) is 15.9 Å². The maximum absolute atomic E-state index is 11.7. The Morgan fingerprint density at radius 1 is 1.00 bits per heavy atom. The number of hydrogen-bond acceptors (Lipinski definition) is 4. The fourth-order valence-corrected chi connectivity index (χ4v) is 1.91. The molecule has 0 atom stereocenters. The number of carbonyl (C=O) groups excluding carboxylic acids is 1. The number of hydrogen-bond donors (Lipinski definition) is 0. The minimum absolute atomic E-state index is 0.180. The molecule has 0 spiro atoms. The van der Waals surface area contributed by atoms with Crippen LogP contribution in [-0.2, 0) is 4.79 Å². The summed E-state index contributed by atoms with van der Waals surface area (Å²) in [4.78, 5) is 11.7. The summed E-state index contributed by atoms with van der Waals surface area (Å²) >= 11 is 3.32. The van der Waals surface area contributed by atoms with Gasteiger partial charge < -0.3 is 14.2 Å². The summed E-state index contributed by atoms with van der Waals surface area (Å²) in [6.07, 6.45) is 0. The number of carbonyl (C=O) groups is 1. The maximum atomic E-state index is 11.7. The van der Waals surface area contributed by atoms with Crippen LogP contribution in [0.2, 0.25) is 0 Å². The van der Waals surface area contributed by atoms with Crippen LogP contribution in [0.4, 0.5) is 0 Å². The first-order chi connectivity index (χ1) is 10.2. The lowest BCUT2D eigenvalue weighted by atomic mass is 10.3. The van der Waals surface area contributed by atoms with Crippen LogP contribution in [0.25, 0.3) is 0 Å². The maximum Gasteiger partial charge on any atom is 0.349 e. The highest BCUT2D eigenvalue weighted by Gasteiger charge is 2.09. The summed E-state index contributed by atoms with van der Waals surface area (Å²) in [5.74, 6) is 1.14. The molecule has 0 fully saturated rings. The first-order valence-corrected chi connectivity index (χ1v) is 7.29. The first kappa shape index (κ1) is 15.4. The smallest absolute Gasteiger partial charge is 0.349 e. The van der Waals surface area contributed by atoms with Crippen LogP contribution in [0.1, 0.15) is 6.92 Å². The summed E-state index contributed by atoms with van der Waals surface area (Å²) in [6.45, 7) is 2.24. The number of ether oxygens (including phenoxy) is 3. The van der Waals surface area contributed by atoms with Crippen LogP contribution < -0.4 is 14.2 Å². The van der Waals surface area contributed by atoms with Crippen LogP contribution in [0, 0.1) is 0 Å². The van der Waals surface area contributed by atoms with Gasteiger partial charge in [0.25, 0.3) is 0 Å². The van der Waals surface area contributed by atoms with Gasteiger partial charge in [0.05, 0.1) is 6.61 Å². The molecule has 5 heteroatoms. The van der Waals surface area contributed by atoms with Crippen LogP contribution in [0.15, 0.2) is 53.0 Å². The second-order valence-electron chi connectivity index (χ2n) is 4.10. The molecule has 0 radical (unpaired) electrons. The fourth-order valence-electron chi connectivity index (χ4n) is 1.64. The van der Waals surface area contributed by atoms with Crippen molar-refractivity contribution in [3.63, 3.8) is 0 Å². The Morgan fingerprint density at radius 3 is 2.24 bits per heavy atom. The van der Waals surface area contributed by atoms with Crippen molar-refractivity contribution < 1.29 is 19.0 Å². The Kier molecular flexibility index (Phi) is 5.63. The normalized spacial score (nSPS) is 10.0. The van der Waals surface area contributed by atoms with E-state index in [0.717, 1.165) is 4.47 Å². The molecule has 4 nitrogen and oxygen atoms in total. The molecule has 0 amide bonds. The van der Waals surface area contributed by atoms with Crippen molar-refractivity contribution in [2.24, 2.45) is 0 Å². The van der Waals surface area contributed by atoms with Crippen molar-refractivity contribution in [3.8, 4) is 17.2 Å². The molecule has 2 aromatic carbocycles. The van der Waals surface area contributed by atoms with Gasteiger partial charge >= 0.3 is 5.97 Å². The lowest BCUT2D eigenvalue weighted by Gasteiger charge is -2.11. The summed E-state index contributed by atoms with van der Waals surface area (Å²) in [7, 11) is 0. The monoisotopic (exact) mass is 350 g/mol. The molecule has 0 saturated carbocycles. The molecule has 21 heavy (non-hydrogen) atoms.